The van der Waals surface area contributed by atoms with Crippen molar-refractivity contribution in [1.82, 2.24) is 5.32 Å². The van der Waals surface area contributed by atoms with Crippen molar-refractivity contribution in [2.45, 2.75) is 26.8 Å². The second-order valence-corrected chi connectivity index (χ2v) is 5.60. The topological polar surface area (TPSA) is 30.5 Å². The Hall–Kier alpha value is -0.870. The van der Waals surface area contributed by atoms with E-state index in [0.717, 1.165) is 49.1 Å². The fraction of sp³-hybridized carbons (Fsp3) is 0.600. The Morgan fingerprint density at radius 2 is 2.05 bits per heavy atom. The normalized spacial score (nSPS) is 10.5. The molecule has 3 nitrogen and oxygen atoms in total. The Morgan fingerprint density at radius 1 is 1.21 bits per heavy atom. The molecule has 1 aromatic rings. The Morgan fingerprint density at radius 3 is 2.74 bits per heavy atom. The summed E-state index contributed by atoms with van der Waals surface area (Å²) in [5.41, 5.74) is 1.23. The lowest BCUT2D eigenvalue weighted by molar-refractivity contribution is 0.313. The largest absolute Gasteiger partial charge is 0.493 e. The lowest BCUT2D eigenvalue weighted by Gasteiger charge is -2.12. The molecule has 108 valence electrons. The van der Waals surface area contributed by atoms with Gasteiger partial charge in [-0.2, -0.15) is 11.8 Å². The molecule has 0 amide bonds. The zero-order valence-corrected chi connectivity index (χ0v) is 13.0. The third kappa shape index (κ3) is 6.21. The van der Waals surface area contributed by atoms with Gasteiger partial charge >= 0.3 is 0 Å². The van der Waals surface area contributed by atoms with Crippen LogP contribution in [0, 0.1) is 0 Å². The number of hydrogen-bond donors (Lipinski definition) is 1. The van der Waals surface area contributed by atoms with E-state index < -0.39 is 0 Å². The molecule has 0 bridgehead atoms. The van der Waals surface area contributed by atoms with Crippen molar-refractivity contribution in [3.8, 4) is 11.5 Å². The van der Waals surface area contributed by atoms with E-state index in [4.69, 9.17) is 9.47 Å². The minimum Gasteiger partial charge on any atom is -0.493 e. The quantitative estimate of drug-likeness (QED) is 0.667. The highest BCUT2D eigenvalue weighted by Crippen LogP contribution is 2.28. The SMILES string of the molecule is CCCNCc1ccc(OC)c(OCCSCC)c1. The Balaban J connectivity index is 2.56. The number of nitrogens with one attached hydrogen (secondary N) is 1. The molecular weight excluding hydrogens is 258 g/mol. The van der Waals surface area contributed by atoms with Gasteiger partial charge in [0.1, 0.15) is 0 Å². The van der Waals surface area contributed by atoms with Gasteiger partial charge in [-0.25, -0.2) is 0 Å². The van der Waals surface area contributed by atoms with E-state index in [1.807, 2.05) is 17.8 Å². The highest BCUT2D eigenvalue weighted by atomic mass is 32.2. The number of rotatable bonds is 10. The zero-order valence-electron chi connectivity index (χ0n) is 12.2. The minimum atomic E-state index is 0.723. The van der Waals surface area contributed by atoms with E-state index in [0.29, 0.717) is 0 Å². The summed E-state index contributed by atoms with van der Waals surface area (Å²) in [6, 6.07) is 6.12. The Bertz CT molecular complexity index is 358. The van der Waals surface area contributed by atoms with E-state index >= 15 is 0 Å². The first-order valence-corrected chi connectivity index (χ1v) is 8.05. The van der Waals surface area contributed by atoms with E-state index in [9.17, 15) is 0 Å². The van der Waals surface area contributed by atoms with E-state index in [1.165, 1.54) is 5.56 Å². The van der Waals surface area contributed by atoms with Gasteiger partial charge in [-0.3, -0.25) is 0 Å². The van der Waals surface area contributed by atoms with Crippen molar-refractivity contribution in [1.29, 1.82) is 0 Å². The van der Waals surface area contributed by atoms with E-state index in [-0.39, 0.29) is 0 Å². The van der Waals surface area contributed by atoms with Crippen molar-refractivity contribution >= 4 is 11.8 Å². The minimum absolute atomic E-state index is 0.723. The molecule has 4 heteroatoms. The average Bonchev–Trinajstić information content (AvgIpc) is 2.44. The second kappa shape index (κ2) is 9.98. The van der Waals surface area contributed by atoms with Crippen molar-refractivity contribution in [3.63, 3.8) is 0 Å². The maximum Gasteiger partial charge on any atom is 0.161 e. The van der Waals surface area contributed by atoms with Gasteiger partial charge in [-0.1, -0.05) is 19.9 Å². The van der Waals surface area contributed by atoms with Crippen LogP contribution in [0.15, 0.2) is 18.2 Å². The van der Waals surface area contributed by atoms with Crippen LogP contribution < -0.4 is 14.8 Å². The number of methoxy groups -OCH3 is 1. The Labute approximate surface area is 121 Å². The van der Waals surface area contributed by atoms with Gasteiger partial charge in [-0.15, -0.1) is 0 Å². The number of benzene rings is 1. The molecule has 1 N–H and O–H groups in total. The molecule has 0 unspecified atom stereocenters. The number of thioether (sulfide) groups is 1. The molecule has 0 saturated heterocycles. The monoisotopic (exact) mass is 283 g/mol. The van der Waals surface area contributed by atoms with Gasteiger partial charge in [0.25, 0.3) is 0 Å². The van der Waals surface area contributed by atoms with E-state index in [2.05, 4.69) is 31.3 Å². The van der Waals surface area contributed by atoms with E-state index in [1.54, 1.807) is 7.11 Å². The molecular formula is C15H25NO2S. The fourth-order valence-electron chi connectivity index (χ4n) is 1.71. The van der Waals surface area contributed by atoms with Gasteiger partial charge in [-0.05, 0) is 36.4 Å². The third-order valence-corrected chi connectivity index (χ3v) is 3.54. The van der Waals surface area contributed by atoms with Crippen molar-refractivity contribution in [2.75, 3.05) is 31.8 Å². The lowest BCUT2D eigenvalue weighted by Crippen LogP contribution is -2.14. The summed E-state index contributed by atoms with van der Waals surface area (Å²) in [6.07, 6.45) is 1.15. The predicted molar refractivity (Wildman–Crippen MR) is 83.5 cm³/mol. The molecule has 0 aliphatic rings. The summed E-state index contributed by atoms with van der Waals surface area (Å²) in [4.78, 5) is 0. The molecule has 0 radical (unpaired) electrons. The molecule has 1 rings (SSSR count). The molecule has 19 heavy (non-hydrogen) atoms. The van der Waals surface area contributed by atoms with Crippen LogP contribution in [0.3, 0.4) is 0 Å². The average molecular weight is 283 g/mol. The summed E-state index contributed by atoms with van der Waals surface area (Å²) in [5.74, 6) is 3.79. The first-order chi connectivity index (χ1) is 9.31. The van der Waals surface area contributed by atoms with Crippen LogP contribution in [0.25, 0.3) is 0 Å². The van der Waals surface area contributed by atoms with Crippen LogP contribution in [0.4, 0.5) is 0 Å². The fourth-order valence-corrected chi connectivity index (χ4v) is 2.20. The van der Waals surface area contributed by atoms with Crippen molar-refractivity contribution in [2.24, 2.45) is 0 Å². The standard InChI is InChI=1S/C15H25NO2S/c1-4-8-16-12-13-6-7-14(17-3)15(11-13)18-9-10-19-5-2/h6-7,11,16H,4-5,8-10,12H2,1-3H3. The van der Waals surface area contributed by atoms with Crippen molar-refractivity contribution < 1.29 is 9.47 Å². The number of ether oxygens (including phenoxy) is 2. The lowest BCUT2D eigenvalue weighted by atomic mass is 10.2. The summed E-state index contributed by atoms with van der Waals surface area (Å²) in [7, 11) is 1.68. The molecule has 0 aromatic heterocycles. The predicted octanol–water partition coefficient (Wildman–Crippen LogP) is 3.33. The maximum absolute atomic E-state index is 5.80. The van der Waals surface area contributed by atoms with Gasteiger partial charge in [0.05, 0.1) is 13.7 Å². The summed E-state index contributed by atoms with van der Waals surface area (Å²) < 4.78 is 11.1. The highest BCUT2D eigenvalue weighted by molar-refractivity contribution is 7.99. The third-order valence-electron chi connectivity index (χ3n) is 2.67. The van der Waals surface area contributed by atoms with Crippen LogP contribution in [-0.2, 0) is 6.54 Å². The van der Waals surface area contributed by atoms with Crippen molar-refractivity contribution in [3.05, 3.63) is 23.8 Å². The van der Waals surface area contributed by atoms with Gasteiger partial charge in [0.15, 0.2) is 11.5 Å². The highest BCUT2D eigenvalue weighted by Gasteiger charge is 2.05. The van der Waals surface area contributed by atoms with Crippen LogP contribution in [0.1, 0.15) is 25.8 Å². The Kier molecular flexibility index (Phi) is 8.50. The smallest absolute Gasteiger partial charge is 0.161 e. The number of hydrogen-bond acceptors (Lipinski definition) is 4. The molecule has 0 aliphatic heterocycles. The summed E-state index contributed by atoms with van der Waals surface area (Å²) in [5, 5.41) is 3.39. The molecule has 0 heterocycles. The van der Waals surface area contributed by atoms with Crippen LogP contribution in [0.2, 0.25) is 0 Å². The zero-order chi connectivity index (χ0) is 13.9. The molecule has 0 atom stereocenters. The molecule has 0 aliphatic carbocycles. The molecule has 0 spiro atoms. The molecule has 0 fully saturated rings. The first-order valence-electron chi connectivity index (χ1n) is 6.90. The van der Waals surface area contributed by atoms with Crippen LogP contribution in [-0.4, -0.2) is 31.8 Å². The van der Waals surface area contributed by atoms with Gasteiger partial charge in [0.2, 0.25) is 0 Å². The second-order valence-electron chi connectivity index (χ2n) is 4.21. The van der Waals surface area contributed by atoms with Crippen LogP contribution >= 0.6 is 11.8 Å². The maximum atomic E-state index is 5.80. The van der Waals surface area contributed by atoms with Gasteiger partial charge < -0.3 is 14.8 Å². The summed E-state index contributed by atoms with van der Waals surface area (Å²) in [6.45, 7) is 6.96. The summed E-state index contributed by atoms with van der Waals surface area (Å²) >= 11 is 1.88. The van der Waals surface area contributed by atoms with Crippen LogP contribution in [0.5, 0.6) is 11.5 Å². The molecule has 1 aromatic carbocycles. The first kappa shape index (κ1) is 16.2. The molecule has 0 saturated carbocycles. The van der Waals surface area contributed by atoms with Gasteiger partial charge in [0, 0.05) is 12.3 Å².